The monoisotopic (exact) mass is 497 g/mol. The number of piperidine rings is 1. The summed E-state index contributed by atoms with van der Waals surface area (Å²) in [6.45, 7) is 2.20. The number of hydrogen-bond acceptors (Lipinski definition) is 8. The van der Waals surface area contributed by atoms with Crippen molar-refractivity contribution in [1.82, 2.24) is 30.6 Å². The fourth-order valence-corrected chi connectivity index (χ4v) is 6.05. The average molecular weight is 498 g/mol. The van der Waals surface area contributed by atoms with E-state index in [0.717, 1.165) is 60.0 Å². The molecule has 0 amide bonds. The van der Waals surface area contributed by atoms with E-state index in [1.165, 1.54) is 56.2 Å². The number of nitrogens with two attached hydrogens (primary N) is 1. The molecule has 1 saturated carbocycles. The number of nitrogens with one attached hydrogen (secondary N) is 2. The number of aryl methyl sites for hydroxylation is 1. The smallest absolute Gasteiger partial charge is 0.227 e. The van der Waals surface area contributed by atoms with Gasteiger partial charge in [-0.15, -0.1) is 5.10 Å². The predicted molar refractivity (Wildman–Crippen MR) is 147 cm³/mol. The van der Waals surface area contributed by atoms with E-state index >= 15 is 0 Å². The normalized spacial score (nSPS) is 17.0. The number of tetrazole rings is 1. The molecule has 192 valence electrons. The number of aromatic nitrogens is 6. The van der Waals surface area contributed by atoms with E-state index < -0.39 is 0 Å². The number of anilines is 4. The van der Waals surface area contributed by atoms with E-state index in [1.807, 2.05) is 18.3 Å². The second-order valence-electron chi connectivity index (χ2n) is 10.5. The van der Waals surface area contributed by atoms with Crippen molar-refractivity contribution in [3.8, 4) is 0 Å². The lowest BCUT2D eigenvalue weighted by Gasteiger charge is -2.33. The Kier molecular flexibility index (Phi) is 6.84. The summed E-state index contributed by atoms with van der Waals surface area (Å²) in [7, 11) is 0. The van der Waals surface area contributed by atoms with Crippen LogP contribution < -0.4 is 16.0 Å². The van der Waals surface area contributed by atoms with Gasteiger partial charge >= 0.3 is 0 Å². The number of H-pyrrole nitrogens is 1. The van der Waals surface area contributed by atoms with Crippen LogP contribution in [0, 0.1) is 5.92 Å². The van der Waals surface area contributed by atoms with Crippen molar-refractivity contribution < 1.29 is 0 Å². The minimum absolute atomic E-state index is 0.500. The maximum atomic E-state index is 6.42. The van der Waals surface area contributed by atoms with Gasteiger partial charge in [0.15, 0.2) is 0 Å². The van der Waals surface area contributed by atoms with Crippen LogP contribution in [0.25, 0.3) is 10.9 Å². The second kappa shape index (κ2) is 10.7. The molecule has 4 N–H and O–H groups in total. The molecule has 0 radical (unpaired) electrons. The van der Waals surface area contributed by atoms with Gasteiger partial charge in [-0.05, 0) is 97.2 Å². The van der Waals surface area contributed by atoms with Gasteiger partial charge in [-0.3, -0.25) is 0 Å². The van der Waals surface area contributed by atoms with Gasteiger partial charge in [0.25, 0.3) is 0 Å². The quantitative estimate of drug-likeness (QED) is 0.278. The molecule has 2 aliphatic rings. The Hall–Kier alpha value is -3.75. The molecule has 37 heavy (non-hydrogen) atoms. The Morgan fingerprint density at radius 3 is 2.57 bits per heavy atom. The number of rotatable bonds is 8. The molecule has 2 fully saturated rings. The van der Waals surface area contributed by atoms with Crippen LogP contribution in [0.3, 0.4) is 0 Å². The van der Waals surface area contributed by atoms with Gasteiger partial charge in [0, 0.05) is 53.7 Å². The molecule has 2 aromatic heterocycles. The SMILES string of the molecule is Nc1ccc2cnc(Nc3ccc(N4CCC(CCCc5nnn[nH]5)CC4)cc3)nc2c1C1CCCC1. The Morgan fingerprint density at radius 1 is 1.00 bits per heavy atom. The highest BCUT2D eigenvalue weighted by atomic mass is 15.5. The third kappa shape index (κ3) is 5.35. The van der Waals surface area contributed by atoms with Crippen LogP contribution in [0.5, 0.6) is 0 Å². The van der Waals surface area contributed by atoms with Crippen molar-refractivity contribution in [2.24, 2.45) is 5.92 Å². The maximum Gasteiger partial charge on any atom is 0.227 e. The maximum absolute atomic E-state index is 6.42. The molecule has 4 aromatic rings. The molecule has 3 heterocycles. The van der Waals surface area contributed by atoms with Gasteiger partial charge in [-0.1, -0.05) is 12.8 Å². The Bertz CT molecular complexity index is 1310. The van der Waals surface area contributed by atoms with Crippen molar-refractivity contribution in [3.63, 3.8) is 0 Å². The topological polar surface area (TPSA) is 122 Å². The van der Waals surface area contributed by atoms with Gasteiger partial charge in [0.2, 0.25) is 5.95 Å². The van der Waals surface area contributed by atoms with Crippen molar-refractivity contribution in [3.05, 3.63) is 54.0 Å². The van der Waals surface area contributed by atoms with Crippen LogP contribution in [0.15, 0.2) is 42.6 Å². The summed E-state index contributed by atoms with van der Waals surface area (Å²) in [5.41, 5.74) is 11.7. The molecule has 0 unspecified atom stereocenters. The van der Waals surface area contributed by atoms with Gasteiger partial charge in [-0.25, -0.2) is 15.1 Å². The van der Waals surface area contributed by atoms with Crippen molar-refractivity contribution in [1.29, 1.82) is 0 Å². The van der Waals surface area contributed by atoms with Crippen molar-refractivity contribution in [2.45, 2.75) is 63.7 Å². The molecule has 9 heteroatoms. The summed E-state index contributed by atoms with van der Waals surface area (Å²) in [6.07, 6.45) is 12.6. The molecule has 6 rings (SSSR count). The third-order valence-corrected chi connectivity index (χ3v) is 8.11. The number of nitrogen functional groups attached to an aromatic ring is 1. The molecular weight excluding hydrogens is 462 g/mol. The van der Waals surface area contributed by atoms with Crippen LogP contribution in [0.1, 0.15) is 68.7 Å². The number of nitrogens with zero attached hydrogens (tertiary/aromatic N) is 6. The largest absolute Gasteiger partial charge is 0.398 e. The summed E-state index contributed by atoms with van der Waals surface area (Å²) in [5, 5.41) is 18.6. The Balaban J connectivity index is 1.07. The Labute approximate surface area is 217 Å². The molecule has 0 bridgehead atoms. The van der Waals surface area contributed by atoms with Gasteiger partial charge in [0.1, 0.15) is 5.82 Å². The van der Waals surface area contributed by atoms with Crippen molar-refractivity contribution >= 4 is 33.9 Å². The van der Waals surface area contributed by atoms with Crippen LogP contribution in [-0.2, 0) is 6.42 Å². The van der Waals surface area contributed by atoms with Crippen molar-refractivity contribution in [2.75, 3.05) is 29.0 Å². The van der Waals surface area contributed by atoms with Crippen LogP contribution in [-0.4, -0.2) is 43.7 Å². The van der Waals surface area contributed by atoms with E-state index in [9.17, 15) is 0 Å². The van der Waals surface area contributed by atoms with E-state index in [0.29, 0.717) is 11.9 Å². The zero-order valence-corrected chi connectivity index (χ0v) is 21.2. The fraction of sp³-hybridized carbons (Fsp3) is 0.464. The average Bonchev–Trinajstić information content (AvgIpc) is 3.65. The lowest BCUT2D eigenvalue weighted by atomic mass is 9.91. The third-order valence-electron chi connectivity index (χ3n) is 8.11. The van der Waals surface area contributed by atoms with Gasteiger partial charge < -0.3 is 16.0 Å². The summed E-state index contributed by atoms with van der Waals surface area (Å²) in [5.74, 6) is 2.78. The first-order valence-electron chi connectivity index (χ1n) is 13.6. The lowest BCUT2D eigenvalue weighted by molar-refractivity contribution is 0.372. The molecule has 0 atom stereocenters. The molecule has 1 aliphatic heterocycles. The fourth-order valence-electron chi connectivity index (χ4n) is 6.05. The van der Waals surface area contributed by atoms with Gasteiger partial charge in [-0.2, -0.15) is 0 Å². The number of aromatic amines is 1. The highest BCUT2D eigenvalue weighted by Crippen LogP contribution is 2.40. The van der Waals surface area contributed by atoms with Crippen LogP contribution in [0.4, 0.5) is 23.0 Å². The summed E-state index contributed by atoms with van der Waals surface area (Å²) < 4.78 is 0. The number of hydrogen-bond donors (Lipinski definition) is 3. The van der Waals surface area contributed by atoms with E-state index in [2.05, 4.69) is 60.1 Å². The second-order valence-corrected chi connectivity index (χ2v) is 10.5. The predicted octanol–water partition coefficient (Wildman–Crippen LogP) is 5.37. The van der Waals surface area contributed by atoms with Gasteiger partial charge in [0.05, 0.1) is 5.52 Å². The van der Waals surface area contributed by atoms with E-state index in [-0.39, 0.29) is 0 Å². The summed E-state index contributed by atoms with van der Waals surface area (Å²) >= 11 is 0. The summed E-state index contributed by atoms with van der Waals surface area (Å²) in [6, 6.07) is 12.7. The first kappa shape index (κ1) is 23.6. The number of fused-ring (bicyclic) bond motifs is 1. The highest BCUT2D eigenvalue weighted by Gasteiger charge is 2.23. The highest BCUT2D eigenvalue weighted by molar-refractivity contribution is 5.87. The molecular formula is C28H35N9. The zero-order valence-electron chi connectivity index (χ0n) is 21.2. The number of benzene rings is 2. The molecule has 2 aromatic carbocycles. The minimum Gasteiger partial charge on any atom is -0.398 e. The van der Waals surface area contributed by atoms with Crippen LogP contribution in [0.2, 0.25) is 0 Å². The first-order valence-corrected chi connectivity index (χ1v) is 13.6. The molecule has 1 saturated heterocycles. The van der Waals surface area contributed by atoms with Crippen LogP contribution >= 0.6 is 0 Å². The summed E-state index contributed by atoms with van der Waals surface area (Å²) in [4.78, 5) is 12.0. The lowest BCUT2D eigenvalue weighted by Crippen LogP contribution is -2.33. The molecule has 9 nitrogen and oxygen atoms in total. The first-order chi connectivity index (χ1) is 18.2. The van der Waals surface area contributed by atoms with E-state index in [4.69, 9.17) is 10.7 Å². The zero-order chi connectivity index (χ0) is 25.0. The standard InChI is InChI=1S/C28H35N9/c29-24-13-8-21-18-30-28(32-27(21)26(24)20-5-1-2-6-20)31-22-9-11-23(12-10-22)37-16-14-19(15-17-37)4-3-7-25-33-35-36-34-25/h8-13,18-20H,1-7,14-17,29H2,(H,30,31,32)(H,33,34,35,36). The minimum atomic E-state index is 0.500. The molecule has 0 spiro atoms. The molecule has 1 aliphatic carbocycles. The van der Waals surface area contributed by atoms with E-state index in [1.54, 1.807) is 0 Å². The Morgan fingerprint density at radius 2 is 1.81 bits per heavy atom.